The summed E-state index contributed by atoms with van der Waals surface area (Å²) in [5.41, 5.74) is 4.57. The molecule has 218 valence electrons. The maximum absolute atomic E-state index is 13.9. The van der Waals surface area contributed by atoms with E-state index in [-0.39, 0.29) is 11.4 Å². The Balaban J connectivity index is 1.05. The van der Waals surface area contributed by atoms with Gasteiger partial charge in [-0.25, -0.2) is 9.07 Å². The standard InChI is InChI=1S/C33H32FN7O2/c34-29-4-3-25-9-12-40(31(25)20-29)32-6-7-33(42)41(37-32)13-8-24-2-5-30-26(18-24)19-27(21-35-30)28-22-36-39(23-28)11-1-10-38-14-16-43-17-15-38/h2-7,9,12,18-23H,1,8,10-11,13-17H2. The van der Waals surface area contributed by atoms with Gasteiger partial charge in [-0.05, 0) is 66.9 Å². The lowest BCUT2D eigenvalue weighted by molar-refractivity contribution is 0.0368. The highest BCUT2D eigenvalue weighted by molar-refractivity contribution is 5.84. The summed E-state index contributed by atoms with van der Waals surface area (Å²) in [5, 5.41) is 11.1. The van der Waals surface area contributed by atoms with E-state index < -0.39 is 0 Å². The zero-order valence-corrected chi connectivity index (χ0v) is 23.8. The summed E-state index contributed by atoms with van der Waals surface area (Å²) in [5.74, 6) is 0.247. The number of halogens is 1. The van der Waals surface area contributed by atoms with Gasteiger partial charge >= 0.3 is 0 Å². The zero-order valence-electron chi connectivity index (χ0n) is 23.8. The van der Waals surface area contributed by atoms with Gasteiger partial charge in [0.15, 0.2) is 5.82 Å². The molecule has 7 rings (SSSR count). The largest absolute Gasteiger partial charge is 0.379 e. The number of pyridine rings is 1. The molecular formula is C33H32FN7O2. The minimum Gasteiger partial charge on any atom is -0.379 e. The van der Waals surface area contributed by atoms with Crippen LogP contribution < -0.4 is 5.56 Å². The second-order valence-electron chi connectivity index (χ2n) is 10.9. The van der Waals surface area contributed by atoms with Crippen molar-refractivity contribution in [3.63, 3.8) is 0 Å². The van der Waals surface area contributed by atoms with Gasteiger partial charge in [-0.1, -0.05) is 6.07 Å². The third kappa shape index (κ3) is 5.97. The molecule has 0 amide bonds. The normalized spacial score (nSPS) is 14.2. The molecule has 0 atom stereocenters. The molecule has 0 spiro atoms. The summed E-state index contributed by atoms with van der Waals surface area (Å²) in [4.78, 5) is 19.8. The van der Waals surface area contributed by atoms with E-state index in [1.807, 2.05) is 41.5 Å². The van der Waals surface area contributed by atoms with Gasteiger partial charge in [0.1, 0.15) is 5.82 Å². The van der Waals surface area contributed by atoms with Crippen LogP contribution in [0.15, 0.2) is 90.2 Å². The van der Waals surface area contributed by atoms with Crippen LogP contribution in [0, 0.1) is 5.82 Å². The molecule has 1 aliphatic heterocycles. The van der Waals surface area contributed by atoms with Crippen molar-refractivity contribution in [2.24, 2.45) is 0 Å². The zero-order chi connectivity index (χ0) is 29.2. The molecule has 0 radical (unpaired) electrons. The highest BCUT2D eigenvalue weighted by Gasteiger charge is 2.11. The van der Waals surface area contributed by atoms with Gasteiger partial charge in [-0.3, -0.25) is 23.9 Å². The molecule has 2 aromatic carbocycles. The van der Waals surface area contributed by atoms with Crippen molar-refractivity contribution in [1.29, 1.82) is 0 Å². The monoisotopic (exact) mass is 577 g/mol. The Kier molecular flexibility index (Phi) is 7.53. The number of hydrogen-bond donors (Lipinski definition) is 0. The van der Waals surface area contributed by atoms with E-state index >= 15 is 0 Å². The maximum atomic E-state index is 13.9. The van der Waals surface area contributed by atoms with Crippen molar-refractivity contribution in [3.05, 3.63) is 107 Å². The van der Waals surface area contributed by atoms with E-state index in [2.05, 4.69) is 38.4 Å². The van der Waals surface area contributed by atoms with Gasteiger partial charge in [0, 0.05) is 79.3 Å². The average Bonchev–Trinajstić information content (AvgIpc) is 3.68. The molecule has 1 saturated heterocycles. The van der Waals surface area contributed by atoms with Gasteiger partial charge in [0.25, 0.3) is 5.56 Å². The lowest BCUT2D eigenvalue weighted by Gasteiger charge is -2.26. The fraction of sp³-hybridized carbons (Fsp3) is 0.273. The van der Waals surface area contributed by atoms with E-state index in [0.29, 0.717) is 24.3 Å². The van der Waals surface area contributed by atoms with Gasteiger partial charge < -0.3 is 4.74 Å². The smallest absolute Gasteiger partial charge is 0.266 e. The number of benzene rings is 2. The molecule has 10 heteroatoms. The Morgan fingerprint density at radius 1 is 0.860 bits per heavy atom. The Morgan fingerprint density at radius 2 is 1.77 bits per heavy atom. The Hall–Kier alpha value is -4.67. The fourth-order valence-electron chi connectivity index (χ4n) is 5.67. The Morgan fingerprint density at radius 3 is 2.67 bits per heavy atom. The maximum Gasteiger partial charge on any atom is 0.266 e. The van der Waals surface area contributed by atoms with Crippen molar-refractivity contribution in [2.75, 3.05) is 32.8 Å². The summed E-state index contributed by atoms with van der Waals surface area (Å²) in [6.45, 7) is 5.98. The minimum atomic E-state index is -0.317. The quantitative estimate of drug-likeness (QED) is 0.248. The molecule has 9 nitrogen and oxygen atoms in total. The van der Waals surface area contributed by atoms with E-state index in [0.717, 1.165) is 78.8 Å². The number of morpholine rings is 1. The van der Waals surface area contributed by atoms with Crippen LogP contribution in [0.1, 0.15) is 12.0 Å². The summed E-state index contributed by atoms with van der Waals surface area (Å²) in [6.07, 6.45) is 9.38. The second-order valence-corrected chi connectivity index (χ2v) is 10.9. The third-order valence-corrected chi connectivity index (χ3v) is 8.04. The van der Waals surface area contributed by atoms with Crippen LogP contribution in [0.3, 0.4) is 0 Å². The number of rotatable bonds is 9. The van der Waals surface area contributed by atoms with Crippen LogP contribution >= 0.6 is 0 Å². The number of aromatic nitrogens is 6. The number of aryl methyl sites for hydroxylation is 3. The topological polar surface area (TPSA) is 83.0 Å². The highest BCUT2D eigenvalue weighted by atomic mass is 19.1. The van der Waals surface area contributed by atoms with Gasteiger partial charge in [0.05, 0.1) is 30.4 Å². The predicted octanol–water partition coefficient (Wildman–Crippen LogP) is 4.70. The van der Waals surface area contributed by atoms with E-state index in [1.54, 1.807) is 16.7 Å². The third-order valence-electron chi connectivity index (χ3n) is 8.04. The lowest BCUT2D eigenvalue weighted by Crippen LogP contribution is -2.37. The first kappa shape index (κ1) is 27.2. The molecule has 0 bridgehead atoms. The SMILES string of the molecule is O=c1ccc(-n2ccc3ccc(F)cc32)nn1CCc1ccc2ncc(-c3cnn(CCCN4CCOCC4)c3)cc2c1. The van der Waals surface area contributed by atoms with Gasteiger partial charge in [-0.2, -0.15) is 10.2 Å². The molecule has 0 saturated carbocycles. The molecule has 1 fully saturated rings. The fourth-order valence-corrected chi connectivity index (χ4v) is 5.67. The van der Waals surface area contributed by atoms with Crippen molar-refractivity contribution in [1.82, 2.24) is 34.0 Å². The second kappa shape index (κ2) is 11.9. The molecule has 0 unspecified atom stereocenters. The summed E-state index contributed by atoms with van der Waals surface area (Å²) in [7, 11) is 0. The molecule has 5 heterocycles. The number of fused-ring (bicyclic) bond motifs is 2. The molecule has 4 aromatic heterocycles. The average molecular weight is 578 g/mol. The van der Waals surface area contributed by atoms with Crippen molar-refractivity contribution in [2.45, 2.75) is 25.9 Å². The number of ether oxygens (including phenoxy) is 1. The molecule has 6 aromatic rings. The van der Waals surface area contributed by atoms with Crippen LogP contribution in [0.25, 0.3) is 38.8 Å². The molecule has 0 aliphatic carbocycles. The highest BCUT2D eigenvalue weighted by Crippen LogP contribution is 2.24. The number of hydrogen-bond acceptors (Lipinski definition) is 6. The number of nitrogens with zero attached hydrogens (tertiary/aromatic N) is 7. The van der Waals surface area contributed by atoms with Crippen LogP contribution in [-0.2, 0) is 24.2 Å². The Labute approximate surface area is 247 Å². The molecule has 0 N–H and O–H groups in total. The van der Waals surface area contributed by atoms with Gasteiger partial charge in [0.2, 0.25) is 0 Å². The molecule has 43 heavy (non-hydrogen) atoms. The first-order valence-corrected chi connectivity index (χ1v) is 14.7. The van der Waals surface area contributed by atoms with Crippen LogP contribution in [-0.4, -0.2) is 66.9 Å². The first-order chi connectivity index (χ1) is 21.1. The predicted molar refractivity (Wildman–Crippen MR) is 164 cm³/mol. The van der Waals surface area contributed by atoms with Crippen LogP contribution in [0.5, 0.6) is 0 Å². The van der Waals surface area contributed by atoms with Crippen LogP contribution in [0.2, 0.25) is 0 Å². The van der Waals surface area contributed by atoms with Crippen molar-refractivity contribution in [3.8, 4) is 16.9 Å². The van der Waals surface area contributed by atoms with Crippen LogP contribution in [0.4, 0.5) is 4.39 Å². The first-order valence-electron chi connectivity index (χ1n) is 14.7. The van der Waals surface area contributed by atoms with Crippen molar-refractivity contribution >= 4 is 21.8 Å². The van der Waals surface area contributed by atoms with E-state index in [9.17, 15) is 9.18 Å². The summed E-state index contributed by atoms with van der Waals surface area (Å²) >= 11 is 0. The lowest BCUT2D eigenvalue weighted by atomic mass is 10.1. The van der Waals surface area contributed by atoms with Crippen molar-refractivity contribution < 1.29 is 9.13 Å². The van der Waals surface area contributed by atoms with E-state index in [1.165, 1.54) is 22.9 Å². The summed E-state index contributed by atoms with van der Waals surface area (Å²) < 4.78 is 24.6. The molecule has 1 aliphatic rings. The van der Waals surface area contributed by atoms with Gasteiger partial charge in [-0.15, -0.1) is 0 Å². The molecular weight excluding hydrogens is 545 g/mol. The summed E-state index contributed by atoms with van der Waals surface area (Å²) in [6, 6.07) is 18.0. The van der Waals surface area contributed by atoms with E-state index in [4.69, 9.17) is 4.74 Å². The Bertz CT molecular complexity index is 1950. The minimum absolute atomic E-state index is 0.182.